The third-order valence-electron chi connectivity index (χ3n) is 6.16. The second-order valence-corrected chi connectivity index (χ2v) is 9.67. The van der Waals surface area contributed by atoms with Crippen molar-refractivity contribution in [3.8, 4) is 11.3 Å². The normalized spacial score (nSPS) is 16.7. The minimum atomic E-state index is -4.82. The number of carbonyl (C=O) groups excluding carboxylic acids is 1. The number of hydrogen-bond acceptors (Lipinski definition) is 8. The fourth-order valence-corrected chi connectivity index (χ4v) is 5.32. The highest BCUT2D eigenvalue weighted by atomic mass is 32.1. The summed E-state index contributed by atoms with van der Waals surface area (Å²) in [6.45, 7) is -0.360. The van der Waals surface area contributed by atoms with Gasteiger partial charge in [0.15, 0.2) is 0 Å². The lowest BCUT2D eigenvalue weighted by atomic mass is 10.1. The van der Waals surface area contributed by atoms with Crippen LogP contribution in [0.4, 0.5) is 31.3 Å². The Labute approximate surface area is 220 Å². The highest BCUT2D eigenvalue weighted by Gasteiger charge is 2.39. The number of aliphatic hydroxyl groups excluding tert-OH is 1. The molecule has 3 aromatic heterocycles. The van der Waals surface area contributed by atoms with Crippen molar-refractivity contribution in [3.05, 3.63) is 53.8 Å². The molecule has 0 bridgehead atoms. The van der Waals surface area contributed by atoms with Crippen LogP contribution in [0.15, 0.2) is 43.0 Å². The Morgan fingerprint density at radius 1 is 1.03 bits per heavy atom. The Morgan fingerprint density at radius 3 is 2.41 bits per heavy atom. The number of piperazine rings is 1. The average Bonchev–Trinajstić information content (AvgIpc) is 3.53. The van der Waals surface area contributed by atoms with E-state index in [1.165, 1.54) is 16.1 Å². The molecule has 0 radical (unpaired) electrons. The van der Waals surface area contributed by atoms with Crippen molar-refractivity contribution in [1.82, 2.24) is 29.4 Å². The quantitative estimate of drug-likeness (QED) is 0.365. The first-order chi connectivity index (χ1) is 18.5. The number of thiazole rings is 1. The Hall–Kier alpha value is -3.79. The molecule has 1 fully saturated rings. The van der Waals surface area contributed by atoms with Gasteiger partial charge in [-0.1, -0.05) is 23.5 Å². The second kappa shape index (κ2) is 10.1. The zero-order valence-electron chi connectivity index (χ0n) is 19.8. The van der Waals surface area contributed by atoms with Crippen LogP contribution in [0.2, 0.25) is 0 Å². The molecule has 4 aromatic rings. The third-order valence-corrected chi connectivity index (χ3v) is 7.33. The van der Waals surface area contributed by atoms with E-state index in [1.807, 2.05) is 18.2 Å². The molecule has 4 heterocycles. The smallest absolute Gasteiger partial charge is 0.394 e. The second-order valence-electron chi connectivity index (χ2n) is 8.69. The number of rotatable bonds is 5. The summed E-state index contributed by atoms with van der Waals surface area (Å²) < 4.78 is 80.9. The molecule has 1 aliphatic heterocycles. The van der Waals surface area contributed by atoms with Gasteiger partial charge >= 0.3 is 12.4 Å². The number of halogens is 6. The van der Waals surface area contributed by atoms with Crippen LogP contribution in [0, 0.1) is 0 Å². The largest absolute Gasteiger partial charge is 0.451 e. The molecule has 1 saturated heterocycles. The van der Waals surface area contributed by atoms with Crippen molar-refractivity contribution >= 4 is 33.3 Å². The SMILES string of the molecule is O=C(Cn1cnc2ccccc21)N1CCN(c2sc(C(F)(F)F)nc2-c2cnc(C(F)(F)F)nc2)C[C@@H]1CO. The molecule has 206 valence electrons. The van der Waals surface area contributed by atoms with Crippen LogP contribution < -0.4 is 4.90 Å². The molecule has 0 saturated carbocycles. The van der Waals surface area contributed by atoms with Gasteiger partial charge in [0, 0.05) is 37.6 Å². The minimum absolute atomic E-state index is 0.0248. The Bertz CT molecular complexity index is 1480. The van der Waals surface area contributed by atoms with Gasteiger partial charge in [0.1, 0.15) is 17.2 Å². The molecular weight excluding hydrogens is 552 g/mol. The summed E-state index contributed by atoms with van der Waals surface area (Å²) in [4.78, 5) is 30.5. The summed E-state index contributed by atoms with van der Waals surface area (Å²) in [6.07, 6.45) is -6.55. The van der Waals surface area contributed by atoms with Crippen LogP contribution in [0.3, 0.4) is 0 Å². The molecule has 1 aromatic carbocycles. The minimum Gasteiger partial charge on any atom is -0.394 e. The van der Waals surface area contributed by atoms with E-state index in [-0.39, 0.29) is 48.3 Å². The first-order valence-electron chi connectivity index (χ1n) is 11.5. The number of imidazole rings is 1. The van der Waals surface area contributed by atoms with Crippen LogP contribution in [-0.4, -0.2) is 72.7 Å². The maximum Gasteiger partial charge on any atom is 0.451 e. The number of anilines is 1. The number of aromatic nitrogens is 5. The maximum absolute atomic E-state index is 13.5. The van der Waals surface area contributed by atoms with E-state index in [2.05, 4.69) is 19.9 Å². The van der Waals surface area contributed by atoms with Gasteiger partial charge in [-0.15, -0.1) is 0 Å². The fraction of sp³-hybridized carbons (Fsp3) is 0.348. The van der Waals surface area contributed by atoms with Gasteiger partial charge < -0.3 is 19.5 Å². The first kappa shape index (κ1) is 26.8. The number of nitrogens with zero attached hydrogens (tertiary/aromatic N) is 7. The van der Waals surface area contributed by atoms with Crippen LogP contribution in [0.1, 0.15) is 10.8 Å². The standard InChI is InChI=1S/C23H19F6N7O2S/c24-22(25,26)20-30-7-13(8-31-20)18-19(39-21(33-18)23(27,28)29)34-5-6-36(14(9-34)11-37)17(38)10-35-12-32-15-3-1-2-4-16(15)35/h1-4,7-8,12,14,37H,5-6,9-11H2/t14-/m1/s1. The molecule has 39 heavy (non-hydrogen) atoms. The zero-order valence-corrected chi connectivity index (χ0v) is 20.6. The lowest BCUT2D eigenvalue weighted by molar-refractivity contribution is -0.145. The molecule has 5 rings (SSSR count). The molecule has 1 N–H and O–H groups in total. The summed E-state index contributed by atoms with van der Waals surface area (Å²) in [6, 6.07) is 6.48. The van der Waals surface area contributed by atoms with E-state index in [0.29, 0.717) is 16.9 Å². The molecule has 1 amide bonds. The molecule has 1 aliphatic rings. The monoisotopic (exact) mass is 571 g/mol. The molecule has 9 nitrogen and oxygen atoms in total. The topological polar surface area (TPSA) is 100 Å². The van der Waals surface area contributed by atoms with E-state index in [1.54, 1.807) is 10.6 Å². The van der Waals surface area contributed by atoms with Gasteiger partial charge in [-0.2, -0.15) is 26.3 Å². The fourth-order valence-electron chi connectivity index (χ4n) is 4.33. The van der Waals surface area contributed by atoms with Crippen LogP contribution in [0.25, 0.3) is 22.3 Å². The predicted molar refractivity (Wildman–Crippen MR) is 128 cm³/mol. The summed E-state index contributed by atoms with van der Waals surface area (Å²) in [7, 11) is 0. The number of benzene rings is 1. The highest BCUT2D eigenvalue weighted by molar-refractivity contribution is 7.16. The van der Waals surface area contributed by atoms with Gasteiger partial charge in [-0.05, 0) is 12.1 Å². The van der Waals surface area contributed by atoms with Crippen molar-refractivity contribution in [2.45, 2.75) is 24.9 Å². The lowest BCUT2D eigenvalue weighted by Crippen LogP contribution is -2.57. The van der Waals surface area contributed by atoms with Crippen LogP contribution >= 0.6 is 11.3 Å². The van der Waals surface area contributed by atoms with Gasteiger partial charge in [0.2, 0.25) is 16.7 Å². The van der Waals surface area contributed by atoms with Gasteiger partial charge in [-0.25, -0.2) is 19.9 Å². The molecule has 16 heteroatoms. The summed E-state index contributed by atoms with van der Waals surface area (Å²) in [5.74, 6) is -1.74. The summed E-state index contributed by atoms with van der Waals surface area (Å²) >= 11 is 0.319. The van der Waals surface area contributed by atoms with E-state index in [0.717, 1.165) is 17.9 Å². The molecular formula is C23H19F6N7O2S. The first-order valence-corrected chi connectivity index (χ1v) is 12.3. The molecule has 0 spiro atoms. The predicted octanol–water partition coefficient (Wildman–Crippen LogP) is 3.70. The summed E-state index contributed by atoms with van der Waals surface area (Å²) in [5, 5.41) is 8.87. The van der Waals surface area contributed by atoms with Crippen molar-refractivity contribution in [1.29, 1.82) is 0 Å². The van der Waals surface area contributed by atoms with Crippen molar-refractivity contribution in [2.75, 3.05) is 31.1 Å². The lowest BCUT2D eigenvalue weighted by Gasteiger charge is -2.41. The van der Waals surface area contributed by atoms with Crippen LogP contribution in [0.5, 0.6) is 0 Å². The van der Waals surface area contributed by atoms with Crippen molar-refractivity contribution in [2.24, 2.45) is 0 Å². The zero-order chi connectivity index (χ0) is 27.9. The number of aliphatic hydroxyl groups is 1. The summed E-state index contributed by atoms with van der Waals surface area (Å²) in [5.41, 5.74) is 1.09. The Balaban J connectivity index is 1.40. The number of para-hydroxylation sites is 2. The highest BCUT2D eigenvalue weighted by Crippen LogP contribution is 2.43. The molecule has 0 unspecified atom stereocenters. The van der Waals surface area contributed by atoms with Crippen molar-refractivity contribution < 1.29 is 36.2 Å². The number of carbonyl (C=O) groups is 1. The number of hydrogen-bond donors (Lipinski definition) is 1. The van der Waals surface area contributed by atoms with E-state index >= 15 is 0 Å². The van der Waals surface area contributed by atoms with Gasteiger partial charge in [-0.3, -0.25) is 4.79 Å². The number of amides is 1. The Morgan fingerprint density at radius 2 is 1.74 bits per heavy atom. The number of alkyl halides is 6. The van der Waals surface area contributed by atoms with E-state index in [4.69, 9.17) is 0 Å². The molecule has 1 atom stereocenters. The van der Waals surface area contributed by atoms with Gasteiger partial charge in [0.05, 0.1) is 30.0 Å². The Kier molecular flexibility index (Phi) is 6.92. The van der Waals surface area contributed by atoms with E-state index < -0.39 is 35.8 Å². The average molecular weight is 572 g/mol. The van der Waals surface area contributed by atoms with Crippen molar-refractivity contribution in [3.63, 3.8) is 0 Å². The number of fused-ring (bicyclic) bond motifs is 1. The maximum atomic E-state index is 13.5. The third kappa shape index (κ3) is 5.38. The van der Waals surface area contributed by atoms with E-state index in [9.17, 15) is 36.2 Å². The van der Waals surface area contributed by atoms with Crippen LogP contribution in [-0.2, 0) is 23.7 Å². The molecule has 0 aliphatic carbocycles. The van der Waals surface area contributed by atoms with Gasteiger partial charge in [0.25, 0.3) is 0 Å².